The first-order valence-corrected chi connectivity index (χ1v) is 7.64. The van der Waals surface area contributed by atoms with Crippen LogP contribution in [0, 0.1) is 0 Å². The zero-order valence-electron chi connectivity index (χ0n) is 13.1. The van der Waals surface area contributed by atoms with Crippen molar-refractivity contribution in [3.63, 3.8) is 0 Å². The lowest BCUT2D eigenvalue weighted by molar-refractivity contribution is -0.136. The highest BCUT2D eigenvalue weighted by atomic mass is 16.5. The van der Waals surface area contributed by atoms with Gasteiger partial charge in [0.05, 0.1) is 6.42 Å². The van der Waals surface area contributed by atoms with Crippen molar-refractivity contribution in [3.8, 4) is 16.9 Å². The summed E-state index contributed by atoms with van der Waals surface area (Å²) >= 11 is 0. The summed E-state index contributed by atoms with van der Waals surface area (Å²) in [5.74, 6) is -0.147. The minimum atomic E-state index is -0.856. The molecule has 4 nitrogen and oxygen atoms in total. The van der Waals surface area contributed by atoms with Gasteiger partial charge in [0.2, 0.25) is 0 Å². The van der Waals surface area contributed by atoms with Crippen molar-refractivity contribution in [1.82, 2.24) is 4.98 Å². The van der Waals surface area contributed by atoms with Gasteiger partial charge in [-0.05, 0) is 29.3 Å². The van der Waals surface area contributed by atoms with Crippen LogP contribution < -0.4 is 4.74 Å². The van der Waals surface area contributed by atoms with Crippen molar-refractivity contribution in [3.05, 3.63) is 84.2 Å². The molecule has 0 bridgehead atoms. The fourth-order valence-corrected chi connectivity index (χ4v) is 2.47. The largest absolute Gasteiger partial charge is 0.488 e. The van der Waals surface area contributed by atoms with Crippen molar-refractivity contribution in [2.45, 2.75) is 13.0 Å². The molecule has 1 aromatic heterocycles. The molecule has 1 heterocycles. The topological polar surface area (TPSA) is 59.4 Å². The van der Waals surface area contributed by atoms with E-state index in [-0.39, 0.29) is 6.42 Å². The number of carboxylic acids is 1. The van der Waals surface area contributed by atoms with E-state index in [0.717, 1.165) is 22.3 Å². The Bertz CT molecular complexity index is 817. The quantitative estimate of drug-likeness (QED) is 0.747. The van der Waals surface area contributed by atoms with E-state index in [4.69, 9.17) is 9.84 Å². The first-order chi connectivity index (χ1) is 11.7. The standard InChI is InChI=1S/C20H17NO3/c22-20(23)12-16-8-9-19(24-14-15-5-2-1-3-6-15)18(11-16)17-7-4-10-21-13-17/h1-11,13H,12,14H2,(H,22,23). The number of hydrogen-bond acceptors (Lipinski definition) is 3. The van der Waals surface area contributed by atoms with Gasteiger partial charge in [-0.15, -0.1) is 0 Å². The second-order valence-corrected chi connectivity index (χ2v) is 5.42. The van der Waals surface area contributed by atoms with E-state index in [2.05, 4.69) is 4.98 Å². The molecular formula is C20H17NO3. The number of carbonyl (C=O) groups is 1. The molecule has 4 heteroatoms. The number of benzene rings is 2. The number of aromatic nitrogens is 1. The van der Waals surface area contributed by atoms with Gasteiger partial charge in [0.1, 0.15) is 12.4 Å². The number of pyridine rings is 1. The Morgan fingerprint density at radius 1 is 1.00 bits per heavy atom. The maximum absolute atomic E-state index is 11.0. The normalized spacial score (nSPS) is 10.3. The number of hydrogen-bond donors (Lipinski definition) is 1. The summed E-state index contributed by atoms with van der Waals surface area (Å²) in [4.78, 5) is 15.1. The van der Waals surface area contributed by atoms with Gasteiger partial charge in [-0.1, -0.05) is 42.5 Å². The van der Waals surface area contributed by atoms with Gasteiger partial charge in [-0.25, -0.2) is 0 Å². The fourth-order valence-electron chi connectivity index (χ4n) is 2.47. The minimum Gasteiger partial charge on any atom is -0.488 e. The van der Waals surface area contributed by atoms with E-state index in [1.165, 1.54) is 0 Å². The van der Waals surface area contributed by atoms with Crippen molar-refractivity contribution >= 4 is 5.97 Å². The molecule has 0 radical (unpaired) electrons. The molecule has 0 fully saturated rings. The third kappa shape index (κ3) is 3.98. The third-order valence-electron chi connectivity index (χ3n) is 3.61. The van der Waals surface area contributed by atoms with Crippen molar-refractivity contribution in [1.29, 1.82) is 0 Å². The number of nitrogens with zero attached hydrogens (tertiary/aromatic N) is 1. The van der Waals surface area contributed by atoms with Gasteiger partial charge in [0.15, 0.2) is 0 Å². The smallest absolute Gasteiger partial charge is 0.307 e. The zero-order chi connectivity index (χ0) is 16.8. The summed E-state index contributed by atoms with van der Waals surface area (Å²) in [7, 11) is 0. The Morgan fingerprint density at radius 3 is 2.54 bits per heavy atom. The number of carboxylic acid groups (broad SMARTS) is 1. The first kappa shape index (κ1) is 15.7. The second-order valence-electron chi connectivity index (χ2n) is 5.42. The Morgan fingerprint density at radius 2 is 1.83 bits per heavy atom. The Hall–Kier alpha value is -3.14. The van der Waals surface area contributed by atoms with E-state index >= 15 is 0 Å². The highest BCUT2D eigenvalue weighted by Gasteiger charge is 2.10. The molecule has 24 heavy (non-hydrogen) atoms. The molecule has 0 amide bonds. The lowest BCUT2D eigenvalue weighted by atomic mass is 10.0. The van der Waals surface area contributed by atoms with Gasteiger partial charge in [0.25, 0.3) is 0 Å². The molecule has 2 aromatic carbocycles. The molecule has 3 rings (SSSR count). The van der Waals surface area contributed by atoms with E-state index in [0.29, 0.717) is 12.4 Å². The van der Waals surface area contributed by atoms with Crippen molar-refractivity contribution in [2.24, 2.45) is 0 Å². The number of ether oxygens (including phenoxy) is 1. The third-order valence-corrected chi connectivity index (χ3v) is 3.61. The summed E-state index contributed by atoms with van der Waals surface area (Å²) in [6, 6.07) is 19.1. The van der Waals surface area contributed by atoms with Crippen LogP contribution in [0.25, 0.3) is 11.1 Å². The maximum Gasteiger partial charge on any atom is 0.307 e. The molecule has 0 aliphatic heterocycles. The minimum absolute atomic E-state index is 0.0216. The van der Waals surface area contributed by atoms with Crippen LogP contribution in [0.4, 0.5) is 0 Å². The molecule has 120 valence electrons. The molecule has 0 spiro atoms. The Labute approximate surface area is 140 Å². The van der Waals surface area contributed by atoms with Crippen LogP contribution in [0.1, 0.15) is 11.1 Å². The summed E-state index contributed by atoms with van der Waals surface area (Å²) in [6.07, 6.45) is 3.43. The van der Waals surface area contributed by atoms with E-state index in [1.807, 2.05) is 54.6 Å². The summed E-state index contributed by atoms with van der Waals surface area (Å²) in [5.41, 5.74) is 3.54. The lowest BCUT2D eigenvalue weighted by Gasteiger charge is -2.13. The van der Waals surface area contributed by atoms with Crippen LogP contribution in [0.5, 0.6) is 5.75 Å². The van der Waals surface area contributed by atoms with Crippen LogP contribution in [0.15, 0.2) is 73.1 Å². The van der Waals surface area contributed by atoms with Crippen LogP contribution >= 0.6 is 0 Å². The molecule has 0 unspecified atom stereocenters. The second kappa shape index (κ2) is 7.42. The first-order valence-electron chi connectivity index (χ1n) is 7.64. The number of aliphatic carboxylic acids is 1. The molecule has 0 atom stereocenters. The maximum atomic E-state index is 11.0. The molecule has 0 aliphatic rings. The molecular weight excluding hydrogens is 302 g/mol. The summed E-state index contributed by atoms with van der Waals surface area (Å²) in [6.45, 7) is 0.451. The highest BCUT2D eigenvalue weighted by Crippen LogP contribution is 2.31. The molecule has 1 N–H and O–H groups in total. The predicted molar refractivity (Wildman–Crippen MR) is 91.8 cm³/mol. The summed E-state index contributed by atoms with van der Waals surface area (Å²) in [5, 5.41) is 9.01. The monoisotopic (exact) mass is 319 g/mol. The predicted octanol–water partition coefficient (Wildman–Crippen LogP) is 3.95. The van der Waals surface area contributed by atoms with Gasteiger partial charge in [-0.3, -0.25) is 9.78 Å². The molecule has 0 aliphatic carbocycles. The highest BCUT2D eigenvalue weighted by molar-refractivity contribution is 5.74. The fraction of sp³-hybridized carbons (Fsp3) is 0.100. The van der Waals surface area contributed by atoms with Gasteiger partial charge < -0.3 is 9.84 Å². The lowest BCUT2D eigenvalue weighted by Crippen LogP contribution is -2.02. The van der Waals surface area contributed by atoms with Crippen LogP contribution in [-0.4, -0.2) is 16.1 Å². The number of rotatable bonds is 6. The zero-order valence-corrected chi connectivity index (χ0v) is 13.1. The van der Waals surface area contributed by atoms with Gasteiger partial charge in [-0.2, -0.15) is 0 Å². The molecule has 3 aromatic rings. The summed E-state index contributed by atoms with van der Waals surface area (Å²) < 4.78 is 5.96. The Kier molecular flexibility index (Phi) is 4.87. The van der Waals surface area contributed by atoms with Crippen LogP contribution in [0.3, 0.4) is 0 Å². The average Bonchev–Trinajstić information content (AvgIpc) is 2.62. The van der Waals surface area contributed by atoms with E-state index in [9.17, 15) is 4.79 Å². The van der Waals surface area contributed by atoms with E-state index < -0.39 is 5.97 Å². The van der Waals surface area contributed by atoms with Gasteiger partial charge in [0, 0.05) is 23.5 Å². The molecule has 0 saturated heterocycles. The molecule has 0 saturated carbocycles. The average molecular weight is 319 g/mol. The Balaban J connectivity index is 1.91. The van der Waals surface area contributed by atoms with E-state index in [1.54, 1.807) is 18.5 Å². The van der Waals surface area contributed by atoms with Crippen LogP contribution in [-0.2, 0) is 17.8 Å². The van der Waals surface area contributed by atoms with Gasteiger partial charge >= 0.3 is 5.97 Å². The van der Waals surface area contributed by atoms with Crippen LogP contribution in [0.2, 0.25) is 0 Å². The van der Waals surface area contributed by atoms with Crippen molar-refractivity contribution < 1.29 is 14.6 Å². The van der Waals surface area contributed by atoms with Crippen molar-refractivity contribution in [2.75, 3.05) is 0 Å². The SMILES string of the molecule is O=C(O)Cc1ccc(OCc2ccccc2)c(-c2cccnc2)c1.